The van der Waals surface area contributed by atoms with Crippen LogP contribution in [0.2, 0.25) is 0 Å². The van der Waals surface area contributed by atoms with Crippen molar-refractivity contribution in [3.05, 3.63) is 126 Å². The van der Waals surface area contributed by atoms with Gasteiger partial charge in [0.15, 0.2) is 0 Å². The molecular weight excluding hydrogens is 687 g/mol. The topological polar surface area (TPSA) is 150 Å². The number of aromatic hydroxyl groups is 4. The Morgan fingerprint density at radius 2 is 0.982 bits per heavy atom. The zero-order valence-corrected chi connectivity index (χ0v) is 31.5. The normalized spacial score (nSPS) is 13.2. The van der Waals surface area contributed by atoms with Crippen LogP contribution in [-0.2, 0) is 24.1 Å². The fourth-order valence-electron chi connectivity index (χ4n) is 6.76. The molecule has 2 aliphatic rings. The molecule has 2 fully saturated rings. The van der Waals surface area contributed by atoms with Gasteiger partial charge in [-0.2, -0.15) is 0 Å². The summed E-state index contributed by atoms with van der Waals surface area (Å²) in [5.41, 5.74) is 17.9. The van der Waals surface area contributed by atoms with Crippen molar-refractivity contribution in [2.24, 2.45) is 11.8 Å². The van der Waals surface area contributed by atoms with Crippen molar-refractivity contribution in [3.8, 4) is 67.5 Å². The first-order valence-corrected chi connectivity index (χ1v) is 19.1. The number of aldehydes is 1. The molecule has 282 valence electrons. The van der Waals surface area contributed by atoms with E-state index in [-0.39, 0.29) is 23.0 Å². The van der Waals surface area contributed by atoms with E-state index in [1.807, 2.05) is 54.7 Å². The minimum absolute atomic E-state index is 0.216. The first-order chi connectivity index (χ1) is 26.7. The molecular formula is C47H49N3O5. The molecule has 0 radical (unpaired) electrons. The molecule has 0 bridgehead atoms. The summed E-state index contributed by atoms with van der Waals surface area (Å²) in [5, 5.41) is 38.3. The van der Waals surface area contributed by atoms with E-state index in [1.165, 1.54) is 30.4 Å². The molecule has 0 saturated heterocycles. The second-order valence-electron chi connectivity index (χ2n) is 14.2. The lowest BCUT2D eigenvalue weighted by molar-refractivity contribution is -0.108. The molecule has 0 unspecified atom stereocenters. The van der Waals surface area contributed by atoms with Crippen molar-refractivity contribution in [2.45, 2.75) is 65.2 Å². The molecule has 2 aromatic heterocycles. The number of carbonyl (C=O) groups is 1. The highest BCUT2D eigenvalue weighted by Gasteiger charge is 2.23. The average Bonchev–Trinajstić information content (AvgIpc) is 4.15. The Bertz CT molecular complexity index is 2190. The number of nitrogen functional groups attached to an aromatic ring is 1. The summed E-state index contributed by atoms with van der Waals surface area (Å²) in [6.45, 7) is 4.25. The first-order valence-electron chi connectivity index (χ1n) is 19.1. The molecule has 4 aromatic carbocycles. The van der Waals surface area contributed by atoms with E-state index in [9.17, 15) is 25.2 Å². The standard InChI is InChI=1S/C24H25NO2.C19H18N2O2.C4H6O/c1-2-21-22(17-6-10-19(26)11-7-17)15-25-23(14-5-16-3-4-16)24(21)18-8-12-20(27)13-9-18;1-2-16-17(12-3-7-14(22)8-4-12)11-21-19(20)18(16)13-5-9-15(23)10-6-13;5-3-4-1-2-4/h6-13,15-16,26-27H,2-5,14H2,1H3;3-11,22-23H,2H2,1H3,(H2,20,21);3-4H,1-2H2. The number of hydrogen-bond donors (Lipinski definition) is 5. The van der Waals surface area contributed by atoms with E-state index in [1.54, 1.807) is 54.7 Å². The lowest BCUT2D eigenvalue weighted by Crippen LogP contribution is -2.02. The minimum Gasteiger partial charge on any atom is -0.508 e. The highest BCUT2D eigenvalue weighted by atomic mass is 16.3. The SMILES string of the molecule is CCc1c(-c2ccc(O)cc2)cnc(CCC2CC2)c1-c1ccc(O)cc1.CCc1c(-c2ccc(O)cc2)cnc(N)c1-c1ccc(O)cc1.O=CC1CC1. The van der Waals surface area contributed by atoms with E-state index in [0.29, 0.717) is 11.7 Å². The minimum atomic E-state index is 0.216. The van der Waals surface area contributed by atoms with Crippen LogP contribution in [0.25, 0.3) is 44.5 Å². The zero-order chi connectivity index (χ0) is 38.9. The summed E-state index contributed by atoms with van der Waals surface area (Å²) in [5.74, 6) is 2.77. The number of nitrogens with two attached hydrogens (primary N) is 1. The Kier molecular flexibility index (Phi) is 12.5. The Hall–Kier alpha value is -6.15. The van der Waals surface area contributed by atoms with Gasteiger partial charge in [-0.1, -0.05) is 75.2 Å². The van der Waals surface area contributed by atoms with Crippen molar-refractivity contribution >= 4 is 12.1 Å². The van der Waals surface area contributed by atoms with Gasteiger partial charge in [-0.3, -0.25) is 4.98 Å². The smallest absolute Gasteiger partial charge is 0.131 e. The van der Waals surface area contributed by atoms with Gasteiger partial charge < -0.3 is 31.0 Å². The number of benzene rings is 4. The summed E-state index contributed by atoms with van der Waals surface area (Å²) in [4.78, 5) is 18.8. The van der Waals surface area contributed by atoms with Gasteiger partial charge >= 0.3 is 0 Å². The van der Waals surface area contributed by atoms with Gasteiger partial charge in [-0.15, -0.1) is 0 Å². The number of anilines is 1. The number of pyridine rings is 2. The largest absolute Gasteiger partial charge is 0.508 e. The van der Waals surface area contributed by atoms with Crippen molar-refractivity contribution < 1.29 is 25.2 Å². The van der Waals surface area contributed by atoms with Gasteiger partial charge in [0.05, 0.1) is 0 Å². The van der Waals surface area contributed by atoms with Gasteiger partial charge in [-0.05, 0) is 126 Å². The van der Waals surface area contributed by atoms with E-state index < -0.39 is 0 Å². The molecule has 0 atom stereocenters. The third-order valence-electron chi connectivity index (χ3n) is 10.2. The predicted octanol–water partition coefficient (Wildman–Crippen LogP) is 10.3. The molecule has 55 heavy (non-hydrogen) atoms. The highest BCUT2D eigenvalue weighted by molar-refractivity contribution is 5.84. The molecule has 8 nitrogen and oxygen atoms in total. The van der Waals surface area contributed by atoms with E-state index in [4.69, 9.17) is 10.7 Å². The number of carbonyl (C=O) groups excluding carboxylic acids is 1. The van der Waals surface area contributed by atoms with Crippen LogP contribution in [0.5, 0.6) is 23.0 Å². The van der Waals surface area contributed by atoms with Crippen LogP contribution < -0.4 is 5.73 Å². The Balaban J connectivity index is 0.000000167. The second kappa shape index (κ2) is 17.8. The fraction of sp³-hybridized carbons (Fsp3) is 0.255. The number of hydrogen-bond acceptors (Lipinski definition) is 8. The molecule has 2 aliphatic carbocycles. The zero-order valence-electron chi connectivity index (χ0n) is 31.5. The van der Waals surface area contributed by atoms with Gasteiger partial charge in [0.1, 0.15) is 35.1 Å². The molecule has 6 aromatic rings. The maximum atomic E-state index is 9.70. The van der Waals surface area contributed by atoms with Crippen LogP contribution in [0, 0.1) is 11.8 Å². The van der Waals surface area contributed by atoms with Crippen LogP contribution in [0.3, 0.4) is 0 Å². The summed E-state index contributed by atoms with van der Waals surface area (Å²) in [6, 6.07) is 28.8. The quantitative estimate of drug-likeness (QED) is 0.0873. The lowest BCUT2D eigenvalue weighted by Gasteiger charge is -2.18. The second-order valence-corrected chi connectivity index (χ2v) is 14.2. The molecule has 8 rings (SSSR count). The first kappa shape index (κ1) is 38.6. The number of phenols is 4. The molecule has 0 amide bonds. The maximum Gasteiger partial charge on any atom is 0.131 e. The van der Waals surface area contributed by atoms with Gasteiger partial charge in [-0.25, -0.2) is 4.98 Å². The lowest BCUT2D eigenvalue weighted by atomic mass is 9.89. The average molecular weight is 736 g/mol. The maximum absolute atomic E-state index is 9.70. The third-order valence-corrected chi connectivity index (χ3v) is 10.2. The van der Waals surface area contributed by atoms with Crippen LogP contribution >= 0.6 is 0 Å². The van der Waals surface area contributed by atoms with Gasteiger partial charge in [0.2, 0.25) is 0 Å². The Morgan fingerprint density at radius 3 is 1.36 bits per heavy atom. The summed E-state index contributed by atoms with van der Waals surface area (Å²) < 4.78 is 0. The van der Waals surface area contributed by atoms with Crippen LogP contribution in [0.4, 0.5) is 5.82 Å². The number of aryl methyl sites for hydroxylation is 1. The monoisotopic (exact) mass is 735 g/mol. The van der Waals surface area contributed by atoms with Gasteiger partial charge in [0, 0.05) is 46.3 Å². The van der Waals surface area contributed by atoms with Crippen molar-refractivity contribution in [2.75, 3.05) is 5.73 Å². The molecule has 6 N–H and O–H groups in total. The van der Waals surface area contributed by atoms with E-state index in [2.05, 4.69) is 18.8 Å². The van der Waals surface area contributed by atoms with Crippen LogP contribution in [0.15, 0.2) is 109 Å². The summed E-state index contributed by atoms with van der Waals surface area (Å²) in [6.07, 6.45) is 13.6. The van der Waals surface area contributed by atoms with Crippen LogP contribution in [0.1, 0.15) is 62.8 Å². The van der Waals surface area contributed by atoms with Crippen molar-refractivity contribution in [1.82, 2.24) is 9.97 Å². The number of nitrogens with zero attached hydrogens (tertiary/aromatic N) is 2. The molecule has 0 aliphatic heterocycles. The summed E-state index contributed by atoms with van der Waals surface area (Å²) >= 11 is 0. The molecule has 2 heterocycles. The van der Waals surface area contributed by atoms with Crippen molar-refractivity contribution in [3.63, 3.8) is 0 Å². The van der Waals surface area contributed by atoms with Crippen molar-refractivity contribution in [1.29, 1.82) is 0 Å². The van der Waals surface area contributed by atoms with E-state index in [0.717, 1.165) is 94.5 Å². The highest BCUT2D eigenvalue weighted by Crippen LogP contribution is 2.39. The Morgan fingerprint density at radius 1 is 0.582 bits per heavy atom. The molecule has 0 spiro atoms. The fourth-order valence-corrected chi connectivity index (χ4v) is 6.76. The predicted molar refractivity (Wildman–Crippen MR) is 220 cm³/mol. The van der Waals surface area contributed by atoms with E-state index >= 15 is 0 Å². The molecule has 2 saturated carbocycles. The number of aromatic nitrogens is 2. The number of rotatable bonds is 10. The Labute approximate surface area is 323 Å². The van der Waals surface area contributed by atoms with Gasteiger partial charge in [0.25, 0.3) is 0 Å². The molecule has 8 heteroatoms. The number of phenolic OH excluding ortho intramolecular Hbond substituents is 4. The third kappa shape index (κ3) is 9.89. The summed E-state index contributed by atoms with van der Waals surface area (Å²) in [7, 11) is 0. The van der Waals surface area contributed by atoms with Crippen LogP contribution in [-0.4, -0.2) is 36.7 Å².